The summed E-state index contributed by atoms with van der Waals surface area (Å²) in [5.74, 6) is 0.431. The number of benzene rings is 2. The van der Waals surface area contributed by atoms with Crippen LogP contribution in [0.25, 0.3) is 0 Å². The minimum absolute atomic E-state index is 0.104. The number of ketones is 1. The van der Waals surface area contributed by atoms with Crippen molar-refractivity contribution in [2.24, 2.45) is 5.73 Å². The molecule has 0 bridgehead atoms. The molecule has 0 amide bonds. The second kappa shape index (κ2) is 8.54. The maximum atomic E-state index is 12.6. The predicted octanol–water partition coefficient (Wildman–Crippen LogP) is 2.50. The molecule has 0 fully saturated rings. The first-order valence-electron chi connectivity index (χ1n) is 7.15. The smallest absolute Gasteiger partial charge is 0.196 e. The SMILES string of the molecule is NCCNCCOc1ccc(Cl)cc1C(=O)c1ccccc1. The largest absolute Gasteiger partial charge is 0.491 e. The molecule has 3 N–H and O–H groups in total. The number of hydrogen-bond acceptors (Lipinski definition) is 4. The van der Waals surface area contributed by atoms with Gasteiger partial charge < -0.3 is 15.8 Å². The Hall–Kier alpha value is -1.88. The van der Waals surface area contributed by atoms with Crippen LogP contribution in [-0.4, -0.2) is 32.0 Å². The van der Waals surface area contributed by atoms with Gasteiger partial charge in [0.2, 0.25) is 0 Å². The summed E-state index contributed by atoms with van der Waals surface area (Å²) < 4.78 is 5.70. The summed E-state index contributed by atoms with van der Waals surface area (Å²) in [6, 6.07) is 14.2. The van der Waals surface area contributed by atoms with E-state index in [0.29, 0.717) is 41.6 Å². The van der Waals surface area contributed by atoms with E-state index in [4.69, 9.17) is 22.1 Å². The molecular weight excluding hydrogens is 300 g/mol. The Kier molecular flexibility index (Phi) is 6.40. The third kappa shape index (κ3) is 4.56. The molecule has 0 aromatic heterocycles. The molecule has 2 aromatic rings. The van der Waals surface area contributed by atoms with E-state index in [1.165, 1.54) is 0 Å². The van der Waals surface area contributed by atoms with Crippen molar-refractivity contribution in [2.75, 3.05) is 26.2 Å². The molecule has 22 heavy (non-hydrogen) atoms. The van der Waals surface area contributed by atoms with Gasteiger partial charge in [0.1, 0.15) is 12.4 Å². The van der Waals surface area contributed by atoms with Crippen molar-refractivity contribution in [1.29, 1.82) is 0 Å². The fourth-order valence-electron chi connectivity index (χ4n) is 2.01. The molecule has 0 spiro atoms. The lowest BCUT2D eigenvalue weighted by molar-refractivity contribution is 0.103. The zero-order valence-corrected chi connectivity index (χ0v) is 13.0. The summed E-state index contributed by atoms with van der Waals surface area (Å²) in [5, 5.41) is 3.64. The second-order valence-electron chi connectivity index (χ2n) is 4.72. The van der Waals surface area contributed by atoms with Crippen molar-refractivity contribution in [3.05, 3.63) is 64.7 Å². The van der Waals surface area contributed by atoms with Crippen molar-refractivity contribution < 1.29 is 9.53 Å². The van der Waals surface area contributed by atoms with Gasteiger partial charge in [0.15, 0.2) is 5.78 Å². The van der Waals surface area contributed by atoms with Crippen LogP contribution in [0.5, 0.6) is 5.75 Å². The average Bonchev–Trinajstić information content (AvgIpc) is 2.56. The lowest BCUT2D eigenvalue weighted by Gasteiger charge is -2.12. The maximum absolute atomic E-state index is 12.6. The lowest BCUT2D eigenvalue weighted by Crippen LogP contribution is -2.27. The summed E-state index contributed by atoms with van der Waals surface area (Å²) in [6.07, 6.45) is 0. The minimum Gasteiger partial charge on any atom is -0.491 e. The van der Waals surface area contributed by atoms with Crippen molar-refractivity contribution in [3.8, 4) is 5.75 Å². The van der Waals surface area contributed by atoms with Crippen LogP contribution < -0.4 is 15.8 Å². The van der Waals surface area contributed by atoms with E-state index in [0.717, 1.165) is 6.54 Å². The van der Waals surface area contributed by atoms with Gasteiger partial charge in [0, 0.05) is 30.2 Å². The zero-order valence-electron chi connectivity index (χ0n) is 12.2. The summed E-state index contributed by atoms with van der Waals surface area (Å²) in [7, 11) is 0. The van der Waals surface area contributed by atoms with Gasteiger partial charge in [-0.1, -0.05) is 41.9 Å². The van der Waals surface area contributed by atoms with Gasteiger partial charge in [-0.05, 0) is 18.2 Å². The van der Waals surface area contributed by atoms with E-state index in [9.17, 15) is 4.79 Å². The maximum Gasteiger partial charge on any atom is 0.196 e. The van der Waals surface area contributed by atoms with Crippen LogP contribution >= 0.6 is 11.6 Å². The molecule has 2 aromatic carbocycles. The van der Waals surface area contributed by atoms with E-state index in [1.54, 1.807) is 30.3 Å². The van der Waals surface area contributed by atoms with Crippen LogP contribution in [0.1, 0.15) is 15.9 Å². The number of carbonyl (C=O) groups excluding carboxylic acids is 1. The first-order valence-corrected chi connectivity index (χ1v) is 7.53. The molecule has 0 aliphatic heterocycles. The van der Waals surface area contributed by atoms with E-state index in [1.807, 2.05) is 18.2 Å². The second-order valence-corrected chi connectivity index (χ2v) is 5.16. The fourth-order valence-corrected chi connectivity index (χ4v) is 2.18. The van der Waals surface area contributed by atoms with Gasteiger partial charge in [0.25, 0.3) is 0 Å². The highest BCUT2D eigenvalue weighted by atomic mass is 35.5. The lowest BCUT2D eigenvalue weighted by atomic mass is 10.0. The number of halogens is 1. The molecule has 2 rings (SSSR count). The minimum atomic E-state index is -0.104. The van der Waals surface area contributed by atoms with E-state index in [-0.39, 0.29) is 5.78 Å². The molecule has 0 atom stereocenters. The van der Waals surface area contributed by atoms with Gasteiger partial charge in [-0.25, -0.2) is 0 Å². The summed E-state index contributed by atoms with van der Waals surface area (Å²) in [4.78, 5) is 12.6. The fraction of sp³-hybridized carbons (Fsp3) is 0.235. The van der Waals surface area contributed by atoms with Crippen LogP contribution in [0, 0.1) is 0 Å². The third-order valence-corrected chi connectivity index (χ3v) is 3.31. The predicted molar refractivity (Wildman–Crippen MR) is 88.7 cm³/mol. The highest BCUT2D eigenvalue weighted by Crippen LogP contribution is 2.25. The molecule has 0 radical (unpaired) electrons. The molecule has 0 saturated carbocycles. The Morgan fingerprint density at radius 1 is 1.14 bits per heavy atom. The van der Waals surface area contributed by atoms with Gasteiger partial charge in [-0.15, -0.1) is 0 Å². The Morgan fingerprint density at radius 3 is 2.64 bits per heavy atom. The Morgan fingerprint density at radius 2 is 1.91 bits per heavy atom. The number of ether oxygens (including phenoxy) is 1. The van der Waals surface area contributed by atoms with E-state index >= 15 is 0 Å². The van der Waals surface area contributed by atoms with Gasteiger partial charge in [0.05, 0.1) is 5.56 Å². The van der Waals surface area contributed by atoms with Gasteiger partial charge in [-0.2, -0.15) is 0 Å². The molecule has 116 valence electrons. The molecule has 0 aliphatic carbocycles. The first-order chi connectivity index (χ1) is 10.7. The molecular formula is C17H19ClN2O2. The first kappa shape index (κ1) is 16.5. The van der Waals surface area contributed by atoms with Crippen molar-refractivity contribution in [2.45, 2.75) is 0 Å². The number of hydrogen-bond donors (Lipinski definition) is 2. The van der Waals surface area contributed by atoms with E-state index in [2.05, 4.69) is 5.32 Å². The Labute approximate surface area is 135 Å². The molecule has 0 heterocycles. The highest BCUT2D eigenvalue weighted by Gasteiger charge is 2.15. The van der Waals surface area contributed by atoms with E-state index < -0.39 is 0 Å². The topological polar surface area (TPSA) is 64.3 Å². The third-order valence-electron chi connectivity index (χ3n) is 3.08. The van der Waals surface area contributed by atoms with Gasteiger partial charge >= 0.3 is 0 Å². The average molecular weight is 319 g/mol. The van der Waals surface area contributed by atoms with Crippen molar-refractivity contribution in [3.63, 3.8) is 0 Å². The van der Waals surface area contributed by atoms with Crippen LogP contribution in [0.15, 0.2) is 48.5 Å². The molecule has 5 heteroatoms. The monoisotopic (exact) mass is 318 g/mol. The van der Waals surface area contributed by atoms with Crippen molar-refractivity contribution in [1.82, 2.24) is 5.32 Å². The van der Waals surface area contributed by atoms with Crippen LogP contribution in [0.2, 0.25) is 5.02 Å². The van der Waals surface area contributed by atoms with Crippen LogP contribution in [0.4, 0.5) is 0 Å². The van der Waals surface area contributed by atoms with Gasteiger partial charge in [-0.3, -0.25) is 4.79 Å². The number of nitrogens with one attached hydrogen (secondary N) is 1. The highest BCUT2D eigenvalue weighted by molar-refractivity contribution is 6.31. The summed E-state index contributed by atoms with van der Waals surface area (Å²) in [6.45, 7) is 2.44. The molecule has 4 nitrogen and oxygen atoms in total. The Balaban J connectivity index is 2.12. The van der Waals surface area contributed by atoms with Crippen molar-refractivity contribution >= 4 is 17.4 Å². The quantitative estimate of drug-likeness (QED) is 0.580. The standard InChI is InChI=1S/C17H19ClN2O2/c18-14-6-7-16(22-11-10-20-9-8-19)15(12-14)17(21)13-4-2-1-3-5-13/h1-7,12,20H,8-11,19H2. The van der Waals surface area contributed by atoms with Crippen LogP contribution in [-0.2, 0) is 0 Å². The molecule has 0 aliphatic rings. The summed E-state index contributed by atoms with van der Waals surface area (Å²) >= 11 is 6.02. The number of nitrogens with two attached hydrogens (primary N) is 1. The summed E-state index contributed by atoms with van der Waals surface area (Å²) in [5.41, 5.74) is 6.48. The Bertz CT molecular complexity index is 617. The molecule has 0 saturated heterocycles. The zero-order chi connectivity index (χ0) is 15.8. The number of rotatable bonds is 8. The van der Waals surface area contributed by atoms with Crippen LogP contribution in [0.3, 0.4) is 0 Å². The normalized spacial score (nSPS) is 10.5. The number of carbonyl (C=O) groups is 1. The molecule has 0 unspecified atom stereocenters.